The SMILES string of the molecule is CC[C@@H](C(=O)O)n1ccnc(NCCCN2CCCC2=O)c1=O. The van der Waals surface area contributed by atoms with Gasteiger partial charge in [0.25, 0.3) is 5.56 Å². The molecule has 1 fully saturated rings. The minimum atomic E-state index is -1.04. The fourth-order valence-electron chi connectivity index (χ4n) is 2.70. The molecule has 8 heteroatoms. The van der Waals surface area contributed by atoms with Crippen molar-refractivity contribution < 1.29 is 14.7 Å². The van der Waals surface area contributed by atoms with Gasteiger partial charge in [-0.1, -0.05) is 6.92 Å². The number of aromatic nitrogens is 2. The lowest BCUT2D eigenvalue weighted by Crippen LogP contribution is -2.32. The van der Waals surface area contributed by atoms with Gasteiger partial charge in [0.2, 0.25) is 5.91 Å². The predicted molar refractivity (Wildman–Crippen MR) is 84.4 cm³/mol. The average molecular weight is 322 g/mol. The molecule has 8 nitrogen and oxygen atoms in total. The van der Waals surface area contributed by atoms with Crippen LogP contribution in [-0.2, 0) is 9.59 Å². The van der Waals surface area contributed by atoms with Crippen LogP contribution in [0.15, 0.2) is 17.2 Å². The molecule has 1 atom stereocenters. The van der Waals surface area contributed by atoms with Gasteiger partial charge in [-0.2, -0.15) is 0 Å². The van der Waals surface area contributed by atoms with Gasteiger partial charge in [-0.15, -0.1) is 0 Å². The molecule has 1 aliphatic rings. The molecule has 23 heavy (non-hydrogen) atoms. The third kappa shape index (κ3) is 4.08. The summed E-state index contributed by atoms with van der Waals surface area (Å²) in [6.45, 7) is 3.66. The van der Waals surface area contributed by atoms with Crippen molar-refractivity contribution in [3.05, 3.63) is 22.7 Å². The Morgan fingerprint density at radius 3 is 2.87 bits per heavy atom. The number of aliphatic carboxylic acids is 1. The van der Waals surface area contributed by atoms with Gasteiger partial charge in [0, 0.05) is 38.4 Å². The molecule has 126 valence electrons. The number of carboxylic acids is 1. The van der Waals surface area contributed by atoms with E-state index in [0.29, 0.717) is 32.4 Å². The molecular weight excluding hydrogens is 300 g/mol. The summed E-state index contributed by atoms with van der Waals surface area (Å²) in [6.07, 6.45) is 5.35. The number of amides is 1. The van der Waals surface area contributed by atoms with Gasteiger partial charge in [0.05, 0.1) is 0 Å². The number of nitrogens with zero attached hydrogens (tertiary/aromatic N) is 3. The molecule has 1 saturated heterocycles. The Hall–Kier alpha value is -2.38. The van der Waals surface area contributed by atoms with Crippen molar-refractivity contribution in [3.63, 3.8) is 0 Å². The molecule has 0 radical (unpaired) electrons. The van der Waals surface area contributed by atoms with Crippen molar-refractivity contribution in [2.75, 3.05) is 25.0 Å². The molecule has 1 aromatic rings. The molecule has 0 aliphatic carbocycles. The van der Waals surface area contributed by atoms with Gasteiger partial charge < -0.3 is 15.3 Å². The van der Waals surface area contributed by atoms with Crippen molar-refractivity contribution in [2.24, 2.45) is 0 Å². The summed E-state index contributed by atoms with van der Waals surface area (Å²) in [5.74, 6) is -0.725. The first-order chi connectivity index (χ1) is 11.0. The van der Waals surface area contributed by atoms with Crippen molar-refractivity contribution in [2.45, 2.75) is 38.6 Å². The fourth-order valence-corrected chi connectivity index (χ4v) is 2.70. The molecule has 0 spiro atoms. The first-order valence-corrected chi connectivity index (χ1v) is 7.86. The summed E-state index contributed by atoms with van der Waals surface area (Å²) < 4.78 is 1.18. The van der Waals surface area contributed by atoms with Gasteiger partial charge in [-0.3, -0.25) is 14.2 Å². The van der Waals surface area contributed by atoms with E-state index in [1.807, 2.05) is 4.90 Å². The first-order valence-electron chi connectivity index (χ1n) is 7.86. The zero-order valence-electron chi connectivity index (χ0n) is 13.2. The van der Waals surface area contributed by atoms with Crippen LogP contribution in [0.25, 0.3) is 0 Å². The van der Waals surface area contributed by atoms with Crippen molar-refractivity contribution in [3.8, 4) is 0 Å². The minimum Gasteiger partial charge on any atom is -0.480 e. The summed E-state index contributed by atoms with van der Waals surface area (Å²) >= 11 is 0. The van der Waals surface area contributed by atoms with Crippen LogP contribution in [0.4, 0.5) is 5.82 Å². The van der Waals surface area contributed by atoms with E-state index in [9.17, 15) is 14.4 Å². The van der Waals surface area contributed by atoms with Crippen LogP contribution in [0.5, 0.6) is 0 Å². The molecule has 2 heterocycles. The van der Waals surface area contributed by atoms with E-state index >= 15 is 0 Å². The third-order valence-electron chi connectivity index (χ3n) is 3.94. The first kappa shape index (κ1) is 17.0. The van der Waals surface area contributed by atoms with Crippen molar-refractivity contribution in [1.82, 2.24) is 14.5 Å². The smallest absolute Gasteiger partial charge is 0.326 e. The second-order valence-corrected chi connectivity index (χ2v) is 5.52. The van der Waals surface area contributed by atoms with Crippen molar-refractivity contribution >= 4 is 17.7 Å². The van der Waals surface area contributed by atoms with Crippen molar-refractivity contribution in [1.29, 1.82) is 0 Å². The molecule has 0 bridgehead atoms. The highest BCUT2D eigenvalue weighted by Crippen LogP contribution is 2.10. The van der Waals surface area contributed by atoms with Gasteiger partial charge in [0.1, 0.15) is 6.04 Å². The summed E-state index contributed by atoms with van der Waals surface area (Å²) in [7, 11) is 0. The predicted octanol–water partition coefficient (Wildman–Crippen LogP) is 0.703. The van der Waals surface area contributed by atoms with E-state index in [0.717, 1.165) is 13.0 Å². The third-order valence-corrected chi connectivity index (χ3v) is 3.94. The standard InChI is InChI=1S/C15H22N4O4/c1-2-11(15(22)23)19-10-7-17-13(14(19)21)16-6-4-9-18-8-3-5-12(18)20/h7,10-11H,2-6,8-9H2,1H3,(H,16,17)(H,22,23)/t11-/m0/s1. The van der Waals surface area contributed by atoms with Gasteiger partial charge in [0.15, 0.2) is 5.82 Å². The van der Waals surface area contributed by atoms with Crippen LogP contribution >= 0.6 is 0 Å². The lowest BCUT2D eigenvalue weighted by Gasteiger charge is -2.16. The summed E-state index contributed by atoms with van der Waals surface area (Å²) in [4.78, 5) is 40.8. The van der Waals surface area contributed by atoms with Crippen LogP contribution in [0.2, 0.25) is 0 Å². The van der Waals surface area contributed by atoms with E-state index in [-0.39, 0.29) is 11.7 Å². The van der Waals surface area contributed by atoms with Gasteiger partial charge >= 0.3 is 5.97 Å². The summed E-state index contributed by atoms with van der Waals surface area (Å²) in [5.41, 5.74) is -0.445. The topological polar surface area (TPSA) is 105 Å². The number of anilines is 1. The zero-order valence-corrected chi connectivity index (χ0v) is 13.2. The highest BCUT2D eigenvalue weighted by molar-refractivity contribution is 5.78. The lowest BCUT2D eigenvalue weighted by molar-refractivity contribution is -0.141. The highest BCUT2D eigenvalue weighted by atomic mass is 16.4. The largest absolute Gasteiger partial charge is 0.480 e. The number of nitrogens with one attached hydrogen (secondary N) is 1. The van der Waals surface area contributed by atoms with Crippen LogP contribution in [0.3, 0.4) is 0 Å². The zero-order chi connectivity index (χ0) is 16.8. The minimum absolute atomic E-state index is 0.139. The molecule has 0 aromatic carbocycles. The number of hydrogen-bond acceptors (Lipinski definition) is 5. The van der Waals surface area contributed by atoms with Crippen LogP contribution < -0.4 is 10.9 Å². The molecule has 0 unspecified atom stereocenters. The number of carbonyl (C=O) groups is 2. The molecule has 1 aromatic heterocycles. The van der Waals surface area contributed by atoms with Crippen LogP contribution in [0.1, 0.15) is 38.6 Å². The second-order valence-electron chi connectivity index (χ2n) is 5.52. The van der Waals surface area contributed by atoms with Gasteiger partial charge in [-0.05, 0) is 19.3 Å². The fraction of sp³-hybridized carbons (Fsp3) is 0.600. The Morgan fingerprint density at radius 2 is 2.26 bits per heavy atom. The highest BCUT2D eigenvalue weighted by Gasteiger charge is 2.20. The second kappa shape index (κ2) is 7.75. The molecule has 2 rings (SSSR count). The molecule has 0 saturated carbocycles. The Morgan fingerprint density at radius 1 is 1.48 bits per heavy atom. The maximum absolute atomic E-state index is 12.3. The maximum atomic E-state index is 12.3. The number of hydrogen-bond donors (Lipinski definition) is 2. The summed E-state index contributed by atoms with van der Waals surface area (Å²) in [6, 6.07) is -0.895. The van der Waals surface area contributed by atoms with E-state index in [2.05, 4.69) is 10.3 Å². The number of likely N-dealkylation sites (tertiary alicyclic amines) is 1. The Bertz CT molecular complexity index is 628. The number of carbonyl (C=O) groups excluding carboxylic acids is 1. The summed E-state index contributed by atoms with van der Waals surface area (Å²) in [5, 5.41) is 12.1. The van der Waals surface area contributed by atoms with E-state index < -0.39 is 17.6 Å². The van der Waals surface area contributed by atoms with Crippen LogP contribution in [-0.4, -0.2) is 51.1 Å². The Kier molecular flexibility index (Phi) is 5.72. The average Bonchev–Trinajstić information content (AvgIpc) is 2.92. The van der Waals surface area contributed by atoms with Crippen LogP contribution in [0, 0.1) is 0 Å². The molecule has 2 N–H and O–H groups in total. The quantitative estimate of drug-likeness (QED) is 0.683. The van der Waals surface area contributed by atoms with E-state index in [4.69, 9.17) is 5.11 Å². The van der Waals surface area contributed by atoms with E-state index in [1.54, 1.807) is 6.92 Å². The Labute approximate surface area is 134 Å². The van der Waals surface area contributed by atoms with Gasteiger partial charge in [-0.25, -0.2) is 9.78 Å². The normalized spacial score (nSPS) is 15.7. The van der Waals surface area contributed by atoms with E-state index in [1.165, 1.54) is 17.0 Å². The number of rotatable bonds is 8. The molecule has 1 aliphatic heterocycles. The Balaban J connectivity index is 1.94. The lowest BCUT2D eigenvalue weighted by atomic mass is 10.2. The maximum Gasteiger partial charge on any atom is 0.326 e. The number of carboxylic acid groups (broad SMARTS) is 1. The monoisotopic (exact) mass is 322 g/mol. The molecular formula is C15H22N4O4. The molecule has 1 amide bonds.